The summed E-state index contributed by atoms with van der Waals surface area (Å²) in [6.45, 7) is 2.54. The minimum absolute atomic E-state index is 0.596. The summed E-state index contributed by atoms with van der Waals surface area (Å²) in [7, 11) is 0. The monoisotopic (exact) mass is 247 g/mol. The van der Waals surface area contributed by atoms with Crippen LogP contribution in [0.5, 0.6) is 0 Å². The summed E-state index contributed by atoms with van der Waals surface area (Å²) in [5.41, 5.74) is 1.45. The first-order valence-corrected chi connectivity index (χ1v) is 7.40. The van der Waals surface area contributed by atoms with Crippen LogP contribution in [0.1, 0.15) is 30.7 Å². The van der Waals surface area contributed by atoms with Gasteiger partial charge in [-0.2, -0.15) is 12.6 Å². The number of benzene rings is 1. The Morgan fingerprint density at radius 1 is 1.24 bits per heavy atom. The molecule has 0 aromatic heterocycles. The number of nitrogens with zero attached hydrogens (tertiary/aromatic N) is 1. The first-order valence-electron chi connectivity index (χ1n) is 6.76. The minimum atomic E-state index is 0.596. The van der Waals surface area contributed by atoms with Gasteiger partial charge in [0.1, 0.15) is 0 Å². The molecule has 3 unspecified atom stereocenters. The Morgan fingerprint density at radius 3 is 2.65 bits per heavy atom. The second kappa shape index (κ2) is 5.03. The highest BCUT2D eigenvalue weighted by molar-refractivity contribution is 7.80. The average Bonchev–Trinajstić information content (AvgIpc) is 2.99. The SMILES string of the molecule is SCC(CN1CC2CCC1C2)c1ccccc1. The lowest BCUT2D eigenvalue weighted by Gasteiger charge is -2.30. The molecule has 2 aliphatic rings. The van der Waals surface area contributed by atoms with Gasteiger partial charge in [0.25, 0.3) is 0 Å². The molecule has 1 heterocycles. The molecule has 3 rings (SSSR count). The van der Waals surface area contributed by atoms with E-state index >= 15 is 0 Å². The van der Waals surface area contributed by atoms with Crippen molar-refractivity contribution < 1.29 is 0 Å². The third-order valence-electron chi connectivity index (χ3n) is 4.47. The molecule has 1 aromatic rings. The van der Waals surface area contributed by atoms with E-state index in [-0.39, 0.29) is 0 Å². The van der Waals surface area contributed by atoms with Crippen molar-refractivity contribution in [1.82, 2.24) is 4.90 Å². The molecule has 2 fully saturated rings. The normalized spacial score (nSPS) is 29.7. The van der Waals surface area contributed by atoms with E-state index in [4.69, 9.17) is 0 Å². The van der Waals surface area contributed by atoms with Crippen molar-refractivity contribution in [3.05, 3.63) is 35.9 Å². The second-order valence-corrected chi connectivity index (χ2v) is 5.94. The molecule has 0 spiro atoms. The van der Waals surface area contributed by atoms with E-state index in [1.165, 1.54) is 37.9 Å². The van der Waals surface area contributed by atoms with Gasteiger partial charge >= 0.3 is 0 Å². The molecule has 17 heavy (non-hydrogen) atoms. The maximum Gasteiger partial charge on any atom is 0.00988 e. The number of rotatable bonds is 4. The Labute approximate surface area is 110 Å². The van der Waals surface area contributed by atoms with E-state index in [1.807, 2.05) is 0 Å². The largest absolute Gasteiger partial charge is 0.299 e. The maximum atomic E-state index is 4.54. The zero-order valence-corrected chi connectivity index (χ0v) is 11.2. The van der Waals surface area contributed by atoms with Crippen LogP contribution in [0.25, 0.3) is 0 Å². The zero-order valence-electron chi connectivity index (χ0n) is 10.3. The van der Waals surface area contributed by atoms with E-state index in [0.29, 0.717) is 5.92 Å². The summed E-state index contributed by atoms with van der Waals surface area (Å²) in [6, 6.07) is 11.7. The van der Waals surface area contributed by atoms with Crippen molar-refractivity contribution in [1.29, 1.82) is 0 Å². The molecule has 1 saturated carbocycles. The van der Waals surface area contributed by atoms with Crippen LogP contribution in [0, 0.1) is 5.92 Å². The van der Waals surface area contributed by atoms with Gasteiger partial charge in [0.05, 0.1) is 0 Å². The number of piperidine rings is 1. The fraction of sp³-hybridized carbons (Fsp3) is 0.600. The lowest BCUT2D eigenvalue weighted by Crippen LogP contribution is -2.35. The Morgan fingerprint density at radius 2 is 2.06 bits per heavy atom. The molecule has 3 atom stereocenters. The van der Waals surface area contributed by atoms with Gasteiger partial charge in [0.2, 0.25) is 0 Å². The number of likely N-dealkylation sites (tertiary alicyclic amines) is 1. The number of fused-ring (bicyclic) bond motifs is 2. The Bertz CT molecular complexity index is 364. The smallest absolute Gasteiger partial charge is 0.00988 e. The van der Waals surface area contributed by atoms with Crippen LogP contribution in [-0.4, -0.2) is 29.8 Å². The number of thiol groups is 1. The molecule has 1 aliphatic heterocycles. The van der Waals surface area contributed by atoms with Gasteiger partial charge in [-0.15, -0.1) is 0 Å². The summed E-state index contributed by atoms with van der Waals surface area (Å²) in [4.78, 5) is 2.71. The maximum absolute atomic E-state index is 4.54. The minimum Gasteiger partial charge on any atom is -0.299 e. The quantitative estimate of drug-likeness (QED) is 0.800. The molecule has 1 nitrogen and oxygen atoms in total. The fourth-order valence-electron chi connectivity index (χ4n) is 3.53. The molecule has 1 saturated heterocycles. The third kappa shape index (κ3) is 2.38. The zero-order chi connectivity index (χ0) is 11.7. The molecular weight excluding hydrogens is 226 g/mol. The molecule has 0 amide bonds. The number of hydrogen-bond acceptors (Lipinski definition) is 2. The van der Waals surface area contributed by atoms with E-state index in [9.17, 15) is 0 Å². The summed E-state index contributed by atoms with van der Waals surface area (Å²) in [6.07, 6.45) is 4.35. The molecule has 2 bridgehead atoms. The van der Waals surface area contributed by atoms with Crippen LogP contribution in [-0.2, 0) is 0 Å². The predicted octanol–water partition coefficient (Wildman–Crippen LogP) is 3.18. The van der Waals surface area contributed by atoms with Crippen molar-refractivity contribution in [2.75, 3.05) is 18.8 Å². The number of hydrogen-bond donors (Lipinski definition) is 1. The third-order valence-corrected chi connectivity index (χ3v) is 4.91. The van der Waals surface area contributed by atoms with Gasteiger partial charge in [-0.3, -0.25) is 4.90 Å². The molecule has 1 aliphatic carbocycles. The first-order chi connectivity index (χ1) is 8.36. The first kappa shape index (κ1) is 11.6. The van der Waals surface area contributed by atoms with Crippen molar-refractivity contribution in [2.45, 2.75) is 31.2 Å². The highest BCUT2D eigenvalue weighted by Crippen LogP contribution is 2.38. The Kier molecular flexibility index (Phi) is 3.44. The molecule has 0 radical (unpaired) electrons. The van der Waals surface area contributed by atoms with Gasteiger partial charge in [-0.1, -0.05) is 30.3 Å². The van der Waals surface area contributed by atoms with Crippen LogP contribution < -0.4 is 0 Å². The van der Waals surface area contributed by atoms with Crippen LogP contribution in [0.2, 0.25) is 0 Å². The van der Waals surface area contributed by atoms with Crippen molar-refractivity contribution >= 4 is 12.6 Å². The fourth-order valence-corrected chi connectivity index (χ4v) is 3.85. The van der Waals surface area contributed by atoms with Gasteiger partial charge < -0.3 is 0 Å². The molecular formula is C15H21NS. The van der Waals surface area contributed by atoms with Gasteiger partial charge in [-0.25, -0.2) is 0 Å². The van der Waals surface area contributed by atoms with E-state index in [1.54, 1.807) is 0 Å². The molecule has 1 aromatic carbocycles. The van der Waals surface area contributed by atoms with Crippen molar-refractivity contribution in [3.8, 4) is 0 Å². The molecule has 0 N–H and O–H groups in total. The second-order valence-electron chi connectivity index (χ2n) is 5.58. The topological polar surface area (TPSA) is 3.24 Å². The van der Waals surface area contributed by atoms with Crippen LogP contribution in [0.15, 0.2) is 30.3 Å². The average molecular weight is 247 g/mol. The summed E-state index contributed by atoms with van der Waals surface area (Å²) in [5.74, 6) is 2.55. The molecule has 2 heteroatoms. The lowest BCUT2D eigenvalue weighted by molar-refractivity contribution is 0.205. The van der Waals surface area contributed by atoms with Gasteiger partial charge in [-0.05, 0) is 36.5 Å². The van der Waals surface area contributed by atoms with E-state index < -0.39 is 0 Å². The van der Waals surface area contributed by atoms with Crippen LogP contribution in [0.3, 0.4) is 0 Å². The van der Waals surface area contributed by atoms with Crippen LogP contribution in [0.4, 0.5) is 0 Å². The van der Waals surface area contributed by atoms with Crippen LogP contribution >= 0.6 is 12.6 Å². The summed E-state index contributed by atoms with van der Waals surface area (Å²) >= 11 is 4.54. The van der Waals surface area contributed by atoms with E-state index in [0.717, 1.165) is 17.7 Å². The summed E-state index contributed by atoms with van der Waals surface area (Å²) in [5, 5.41) is 0. The summed E-state index contributed by atoms with van der Waals surface area (Å²) < 4.78 is 0. The van der Waals surface area contributed by atoms with Gasteiger partial charge in [0, 0.05) is 25.0 Å². The van der Waals surface area contributed by atoms with Gasteiger partial charge in [0.15, 0.2) is 0 Å². The van der Waals surface area contributed by atoms with E-state index in [2.05, 4.69) is 47.9 Å². The van der Waals surface area contributed by atoms with Crippen molar-refractivity contribution in [3.63, 3.8) is 0 Å². The molecule has 92 valence electrons. The van der Waals surface area contributed by atoms with Crippen molar-refractivity contribution in [2.24, 2.45) is 5.92 Å². The standard InChI is InChI=1S/C15H21NS/c17-11-14(13-4-2-1-3-5-13)10-16-9-12-6-7-15(16)8-12/h1-5,12,14-15,17H,6-11H2. The lowest BCUT2D eigenvalue weighted by atomic mass is 9.99. The highest BCUT2D eigenvalue weighted by Gasteiger charge is 2.38. The Balaban J connectivity index is 1.67. The highest BCUT2D eigenvalue weighted by atomic mass is 32.1. The Hall–Kier alpha value is -0.470. The predicted molar refractivity (Wildman–Crippen MR) is 75.7 cm³/mol.